The first-order valence-corrected chi connectivity index (χ1v) is 19.7. The van der Waals surface area contributed by atoms with E-state index in [2.05, 4.69) is 25.0 Å². The van der Waals surface area contributed by atoms with Crippen molar-refractivity contribution in [3.63, 3.8) is 0 Å². The molecule has 6 bridgehead atoms. The van der Waals surface area contributed by atoms with Crippen LogP contribution in [0.15, 0.2) is 18.5 Å². The molecule has 61 heavy (non-hydrogen) atoms. The zero-order chi connectivity index (χ0) is 44.2. The SMILES string of the molecule is CN1C(=O)CC[C@@H]2C[C@@H]2c2c(Cl)cc3[nH]ncc3c2-c2ncc3c(nc(OC[C@@]45CCCN4C[C@H](F)C5)nc3c2F)N2CCC[C@@H]1C2.O=C(O)C(F)(F)F.O=C(O)C(F)(F)F. The Morgan fingerprint density at radius 2 is 1.72 bits per heavy atom. The summed E-state index contributed by atoms with van der Waals surface area (Å²) in [5.41, 5.74) is 1.98. The molecular formula is C38H39ClF8N8O6. The van der Waals surface area contributed by atoms with Gasteiger partial charge in [-0.3, -0.25) is 19.8 Å². The molecule has 1 amide bonds. The summed E-state index contributed by atoms with van der Waals surface area (Å²) in [6.07, 6.45) is -1.72. The van der Waals surface area contributed by atoms with Gasteiger partial charge in [-0.15, -0.1) is 0 Å². The third-order valence-corrected chi connectivity index (χ3v) is 12.3. The number of aliphatic carboxylic acids is 2. The number of piperidine rings is 1. The van der Waals surface area contributed by atoms with Gasteiger partial charge in [0.2, 0.25) is 5.91 Å². The second-order valence-electron chi connectivity index (χ2n) is 15.8. The summed E-state index contributed by atoms with van der Waals surface area (Å²) in [6, 6.07) is 1.88. The monoisotopic (exact) mass is 890 g/mol. The van der Waals surface area contributed by atoms with E-state index < -0.39 is 41.8 Å². The molecule has 8 heterocycles. The third kappa shape index (κ3) is 8.96. The summed E-state index contributed by atoms with van der Waals surface area (Å²) >= 11 is 6.95. The molecule has 4 aromatic rings. The molecule has 1 saturated carbocycles. The lowest BCUT2D eigenvalue weighted by molar-refractivity contribution is -0.193. The Hall–Kier alpha value is -5.12. The molecule has 330 valence electrons. The van der Waals surface area contributed by atoms with E-state index in [1.54, 1.807) is 12.4 Å². The van der Waals surface area contributed by atoms with Gasteiger partial charge in [0.1, 0.15) is 29.8 Å². The summed E-state index contributed by atoms with van der Waals surface area (Å²) in [6.45, 7) is 2.72. The maximum atomic E-state index is 17.2. The number of aromatic amines is 1. The Kier molecular flexibility index (Phi) is 12.0. The maximum absolute atomic E-state index is 17.2. The third-order valence-electron chi connectivity index (χ3n) is 12.0. The largest absolute Gasteiger partial charge is 0.490 e. The Labute approximate surface area is 346 Å². The molecule has 1 aromatic carbocycles. The van der Waals surface area contributed by atoms with Gasteiger partial charge in [0.05, 0.1) is 22.6 Å². The van der Waals surface area contributed by atoms with Gasteiger partial charge in [0.25, 0.3) is 0 Å². The number of carbonyl (C=O) groups is 3. The normalized spacial score (nSPS) is 25.0. The fourth-order valence-corrected chi connectivity index (χ4v) is 9.26. The highest BCUT2D eigenvalue weighted by molar-refractivity contribution is 6.33. The lowest BCUT2D eigenvalue weighted by Crippen LogP contribution is -2.49. The topological polar surface area (TPSA) is 178 Å². The van der Waals surface area contributed by atoms with E-state index in [9.17, 15) is 35.5 Å². The van der Waals surface area contributed by atoms with Gasteiger partial charge in [0, 0.05) is 67.7 Å². The van der Waals surface area contributed by atoms with Gasteiger partial charge in [-0.05, 0) is 68.5 Å². The van der Waals surface area contributed by atoms with E-state index in [0.29, 0.717) is 59.8 Å². The minimum absolute atomic E-state index is 0.0129. The molecule has 3 aromatic heterocycles. The molecule has 0 spiro atoms. The van der Waals surface area contributed by atoms with Crippen molar-refractivity contribution in [2.45, 2.75) is 87.4 Å². The molecule has 1 aliphatic carbocycles. The minimum Gasteiger partial charge on any atom is -0.475 e. The number of ether oxygens (including phenoxy) is 1. The number of amides is 1. The molecule has 6 aliphatic rings. The zero-order valence-corrected chi connectivity index (χ0v) is 33.0. The van der Waals surface area contributed by atoms with Gasteiger partial charge in [0.15, 0.2) is 5.82 Å². The minimum atomic E-state index is -5.08. The standard InChI is InChI=1S/C34H37ClF2N8O2.2C2HF3O2/c1-43-20-4-2-8-44(16-20)32-23-13-38-31(28-22-14-39-42-25(22)11-24(35)27(28)21-10-18(21)5-6-26(43)46)29(37)30(23)40-33(41-32)47-17-34-7-3-9-45(34)15-19(36)12-34;2*3-2(4,5)1(6)7/h11,13-14,18-21H,2-10,12,15-17H2,1H3,(H,39,42);2*(H,6,7)/t18-,19-,20-,21+,34+;;/m1../s1. The van der Waals surface area contributed by atoms with Crippen LogP contribution >= 0.6 is 11.6 Å². The van der Waals surface area contributed by atoms with Crippen LogP contribution in [0, 0.1) is 11.7 Å². The molecule has 4 fully saturated rings. The summed E-state index contributed by atoms with van der Waals surface area (Å²) in [5, 5.41) is 23.2. The van der Waals surface area contributed by atoms with E-state index in [-0.39, 0.29) is 47.6 Å². The quantitative estimate of drug-likeness (QED) is 0.182. The number of H-pyrrole nitrogens is 1. The lowest BCUT2D eigenvalue weighted by atomic mass is 9.94. The number of nitrogens with one attached hydrogen (secondary N) is 1. The van der Waals surface area contributed by atoms with E-state index in [4.69, 9.17) is 46.1 Å². The van der Waals surface area contributed by atoms with Crippen molar-refractivity contribution in [1.29, 1.82) is 0 Å². The highest BCUT2D eigenvalue weighted by Gasteiger charge is 2.50. The Bertz CT molecular complexity index is 2330. The number of aromatic nitrogens is 5. The van der Waals surface area contributed by atoms with Crippen LogP contribution in [0.5, 0.6) is 6.01 Å². The van der Waals surface area contributed by atoms with Crippen LogP contribution in [0.4, 0.5) is 40.9 Å². The Morgan fingerprint density at radius 1 is 1.02 bits per heavy atom. The van der Waals surface area contributed by atoms with E-state index in [0.717, 1.165) is 56.0 Å². The van der Waals surface area contributed by atoms with Crippen LogP contribution in [0.2, 0.25) is 5.02 Å². The number of carboxylic acids is 2. The molecule has 3 saturated heterocycles. The van der Waals surface area contributed by atoms with E-state index in [1.165, 1.54) is 0 Å². The van der Waals surface area contributed by atoms with Crippen molar-refractivity contribution < 1.29 is 64.5 Å². The average molecular weight is 891 g/mol. The number of carboxylic acid groups (broad SMARTS) is 2. The number of likely N-dealkylation sites (N-methyl/N-ethyl adjacent to an activating group) is 1. The predicted octanol–water partition coefficient (Wildman–Crippen LogP) is 6.91. The first-order chi connectivity index (χ1) is 28.7. The summed E-state index contributed by atoms with van der Waals surface area (Å²) < 4.78 is 101. The molecule has 10 rings (SSSR count). The molecule has 14 nitrogen and oxygen atoms in total. The summed E-state index contributed by atoms with van der Waals surface area (Å²) in [5.74, 6) is -5.10. The van der Waals surface area contributed by atoms with Crippen molar-refractivity contribution in [3.05, 3.63) is 34.9 Å². The molecule has 0 unspecified atom stereocenters. The number of hydrogen-bond donors (Lipinski definition) is 3. The van der Waals surface area contributed by atoms with Crippen molar-refractivity contribution >= 4 is 57.1 Å². The van der Waals surface area contributed by atoms with E-state index in [1.807, 2.05) is 18.0 Å². The smallest absolute Gasteiger partial charge is 0.475 e. The number of anilines is 1. The highest BCUT2D eigenvalue weighted by atomic mass is 35.5. The van der Waals surface area contributed by atoms with Crippen molar-refractivity contribution in [2.75, 3.05) is 44.7 Å². The predicted molar refractivity (Wildman–Crippen MR) is 201 cm³/mol. The molecular weight excluding hydrogens is 852 g/mol. The highest BCUT2D eigenvalue weighted by Crippen LogP contribution is 2.56. The number of nitrogens with zero attached hydrogens (tertiary/aromatic N) is 7. The van der Waals surface area contributed by atoms with Crippen LogP contribution in [0.25, 0.3) is 33.1 Å². The van der Waals surface area contributed by atoms with Gasteiger partial charge in [-0.25, -0.2) is 18.4 Å². The molecule has 5 aliphatic heterocycles. The second kappa shape index (κ2) is 16.6. The number of hydrogen-bond acceptors (Lipinski definition) is 10. The van der Waals surface area contributed by atoms with Gasteiger partial charge in [-0.2, -0.15) is 41.4 Å². The van der Waals surface area contributed by atoms with E-state index >= 15 is 4.39 Å². The lowest BCUT2D eigenvalue weighted by Gasteiger charge is -2.38. The number of carbonyl (C=O) groups excluding carboxylic acids is 1. The number of benzene rings is 1. The zero-order valence-electron chi connectivity index (χ0n) is 32.3. The van der Waals surface area contributed by atoms with Crippen LogP contribution < -0.4 is 9.64 Å². The number of rotatable bonds is 3. The number of halogens is 9. The first kappa shape index (κ1) is 44.0. The Balaban J connectivity index is 0.000000348. The maximum Gasteiger partial charge on any atom is 0.490 e. The molecule has 23 heteroatoms. The first-order valence-electron chi connectivity index (χ1n) is 19.3. The fourth-order valence-electron chi connectivity index (χ4n) is 8.91. The molecule has 5 atom stereocenters. The van der Waals surface area contributed by atoms with Crippen LogP contribution in [-0.2, 0) is 14.4 Å². The number of fused-ring (bicyclic) bond motifs is 6. The van der Waals surface area contributed by atoms with Crippen LogP contribution in [0.1, 0.15) is 62.8 Å². The average Bonchev–Trinajstić information content (AvgIpc) is 3.43. The number of alkyl halides is 7. The number of pyridine rings is 1. The van der Waals surface area contributed by atoms with Gasteiger partial charge in [-0.1, -0.05) is 11.6 Å². The molecule has 3 N–H and O–H groups in total. The van der Waals surface area contributed by atoms with Crippen molar-refractivity contribution in [1.82, 2.24) is 34.9 Å². The van der Waals surface area contributed by atoms with Gasteiger partial charge < -0.3 is 24.7 Å². The van der Waals surface area contributed by atoms with Crippen molar-refractivity contribution in [2.24, 2.45) is 5.92 Å². The van der Waals surface area contributed by atoms with Crippen molar-refractivity contribution in [3.8, 4) is 17.3 Å². The summed E-state index contributed by atoms with van der Waals surface area (Å²) in [4.78, 5) is 51.7. The second-order valence-corrected chi connectivity index (χ2v) is 16.3. The fraction of sp³-hybridized carbons (Fsp3) is 0.553. The molecule has 0 radical (unpaired) electrons. The van der Waals surface area contributed by atoms with Crippen LogP contribution in [0.3, 0.4) is 0 Å². The van der Waals surface area contributed by atoms with Gasteiger partial charge >= 0.3 is 30.3 Å². The Morgan fingerprint density at radius 3 is 2.41 bits per heavy atom. The van der Waals surface area contributed by atoms with Crippen LogP contribution in [-0.4, -0.2) is 133 Å². The summed E-state index contributed by atoms with van der Waals surface area (Å²) in [7, 11) is 1.89.